The van der Waals surface area contributed by atoms with Gasteiger partial charge >= 0.3 is 0 Å². The van der Waals surface area contributed by atoms with Crippen LogP contribution >= 0.6 is 35.2 Å². The van der Waals surface area contributed by atoms with Gasteiger partial charge in [0.05, 0.1) is 22.6 Å². The van der Waals surface area contributed by atoms with Crippen LogP contribution in [-0.2, 0) is 6.54 Å². The maximum absolute atomic E-state index is 13.4. The summed E-state index contributed by atoms with van der Waals surface area (Å²) in [4.78, 5) is 3.01. The van der Waals surface area contributed by atoms with Crippen LogP contribution in [0.25, 0.3) is 11.0 Å². The molecule has 1 N–H and O–H groups in total. The largest absolute Gasteiger partial charge is 0.330 e. The quantitative estimate of drug-likeness (QED) is 0.667. The van der Waals surface area contributed by atoms with Crippen molar-refractivity contribution < 1.29 is 4.39 Å². The Kier molecular flexibility index (Phi) is 3.20. The fraction of sp³-hybridized carbons (Fsp3) is 0.154. The molecule has 0 unspecified atom stereocenters. The Bertz CT molecular complexity index is 816. The Hall–Kier alpha value is -1.17. The van der Waals surface area contributed by atoms with E-state index in [0.717, 1.165) is 5.52 Å². The summed E-state index contributed by atoms with van der Waals surface area (Å²) in [6.07, 6.45) is 0. The van der Waals surface area contributed by atoms with E-state index in [-0.39, 0.29) is 5.02 Å². The molecule has 3 aromatic rings. The first-order valence-electron chi connectivity index (χ1n) is 5.65. The monoisotopic (exact) mass is 312 g/mol. The lowest BCUT2D eigenvalue weighted by atomic mass is 10.2. The highest BCUT2D eigenvalue weighted by Gasteiger charge is 2.10. The topological polar surface area (TPSA) is 20.7 Å². The lowest BCUT2D eigenvalue weighted by molar-refractivity contribution is 0.629. The van der Waals surface area contributed by atoms with Gasteiger partial charge in [-0.1, -0.05) is 11.6 Å². The molecule has 0 spiro atoms. The summed E-state index contributed by atoms with van der Waals surface area (Å²) >= 11 is 12.8. The maximum Gasteiger partial charge on any atom is 0.178 e. The van der Waals surface area contributed by atoms with Crippen LogP contribution in [0.5, 0.6) is 0 Å². The van der Waals surface area contributed by atoms with Crippen molar-refractivity contribution in [1.82, 2.24) is 9.55 Å². The van der Waals surface area contributed by atoms with Gasteiger partial charge in [-0.25, -0.2) is 4.39 Å². The van der Waals surface area contributed by atoms with Crippen LogP contribution in [0.3, 0.4) is 0 Å². The molecule has 6 heteroatoms. The van der Waals surface area contributed by atoms with Crippen LogP contribution in [0.2, 0.25) is 5.02 Å². The summed E-state index contributed by atoms with van der Waals surface area (Å²) in [6, 6.07) is 2.99. The molecule has 0 bridgehead atoms. The minimum Gasteiger partial charge on any atom is -0.330 e. The fourth-order valence-electron chi connectivity index (χ4n) is 2.03. The van der Waals surface area contributed by atoms with Crippen molar-refractivity contribution in [3.05, 3.63) is 49.6 Å². The number of nitrogens with one attached hydrogen (secondary N) is 1. The van der Waals surface area contributed by atoms with Gasteiger partial charge in [0.2, 0.25) is 0 Å². The van der Waals surface area contributed by atoms with Gasteiger partial charge in [-0.2, -0.15) is 11.3 Å². The van der Waals surface area contributed by atoms with E-state index in [1.54, 1.807) is 17.4 Å². The van der Waals surface area contributed by atoms with E-state index in [0.29, 0.717) is 16.8 Å². The number of aromatic amines is 1. The van der Waals surface area contributed by atoms with Gasteiger partial charge in [-0.3, -0.25) is 0 Å². The predicted molar refractivity (Wildman–Crippen MR) is 80.2 cm³/mol. The average molecular weight is 313 g/mol. The van der Waals surface area contributed by atoms with Crippen LogP contribution in [0.4, 0.5) is 4.39 Å². The molecule has 0 saturated carbocycles. The second-order valence-corrected chi connectivity index (χ2v) is 5.92. The van der Waals surface area contributed by atoms with Crippen molar-refractivity contribution in [2.45, 2.75) is 13.5 Å². The molecule has 98 valence electrons. The number of thiophene rings is 1. The molecule has 19 heavy (non-hydrogen) atoms. The van der Waals surface area contributed by atoms with Crippen molar-refractivity contribution in [2.75, 3.05) is 0 Å². The zero-order chi connectivity index (χ0) is 13.6. The third-order valence-corrected chi connectivity index (χ3v) is 4.63. The first kappa shape index (κ1) is 12.8. The smallest absolute Gasteiger partial charge is 0.178 e. The molecule has 0 aliphatic rings. The number of imidazole rings is 1. The van der Waals surface area contributed by atoms with Gasteiger partial charge in [0.1, 0.15) is 5.82 Å². The Balaban J connectivity index is 2.18. The van der Waals surface area contributed by atoms with Crippen LogP contribution in [0.1, 0.15) is 11.1 Å². The lowest BCUT2D eigenvalue weighted by Gasteiger charge is -2.05. The number of aryl methyl sites for hydroxylation is 1. The third-order valence-electron chi connectivity index (χ3n) is 3.11. The predicted octanol–water partition coefficient (Wildman–Crippen LogP) is 4.91. The SMILES string of the molecule is Cc1cscc1Cn1c(=S)[nH]c2cc(F)c(Cl)cc21. The summed E-state index contributed by atoms with van der Waals surface area (Å²) in [5.41, 5.74) is 3.93. The highest BCUT2D eigenvalue weighted by molar-refractivity contribution is 7.71. The number of halogens is 2. The number of rotatable bonds is 2. The molecule has 2 nitrogen and oxygen atoms in total. The van der Waals surface area contributed by atoms with Crippen molar-refractivity contribution in [2.24, 2.45) is 0 Å². The van der Waals surface area contributed by atoms with Crippen LogP contribution in [0, 0.1) is 17.5 Å². The molecule has 0 aliphatic carbocycles. The van der Waals surface area contributed by atoms with Gasteiger partial charge < -0.3 is 9.55 Å². The number of aromatic nitrogens is 2. The van der Waals surface area contributed by atoms with E-state index in [1.165, 1.54) is 17.2 Å². The minimum atomic E-state index is -0.440. The molecule has 2 heterocycles. The van der Waals surface area contributed by atoms with Gasteiger partial charge in [0, 0.05) is 6.07 Å². The van der Waals surface area contributed by atoms with E-state index in [2.05, 4.69) is 22.7 Å². The molecule has 0 amide bonds. The molecule has 1 aromatic carbocycles. The molecule has 0 fully saturated rings. The van der Waals surface area contributed by atoms with Crippen molar-refractivity contribution >= 4 is 46.2 Å². The second kappa shape index (κ2) is 4.74. The number of fused-ring (bicyclic) bond motifs is 1. The Morgan fingerprint density at radius 1 is 1.42 bits per heavy atom. The summed E-state index contributed by atoms with van der Waals surface area (Å²) in [6.45, 7) is 2.73. The van der Waals surface area contributed by atoms with Crippen LogP contribution < -0.4 is 0 Å². The number of H-pyrrole nitrogens is 1. The molecular weight excluding hydrogens is 303 g/mol. The fourth-order valence-corrected chi connectivity index (χ4v) is 3.31. The molecule has 2 aromatic heterocycles. The van der Waals surface area contributed by atoms with E-state index in [9.17, 15) is 4.39 Å². The van der Waals surface area contributed by atoms with Crippen LogP contribution in [0.15, 0.2) is 22.9 Å². The van der Waals surface area contributed by atoms with Crippen molar-refractivity contribution in [3.63, 3.8) is 0 Å². The minimum absolute atomic E-state index is 0.109. The van der Waals surface area contributed by atoms with Gasteiger partial charge in [0.15, 0.2) is 4.77 Å². The maximum atomic E-state index is 13.4. The van der Waals surface area contributed by atoms with E-state index in [1.807, 2.05) is 4.57 Å². The second-order valence-electron chi connectivity index (χ2n) is 4.38. The summed E-state index contributed by atoms with van der Waals surface area (Å²) < 4.78 is 15.9. The summed E-state index contributed by atoms with van der Waals surface area (Å²) in [5.74, 6) is -0.440. The number of benzene rings is 1. The molecule has 0 atom stereocenters. The average Bonchev–Trinajstić information content (AvgIpc) is 2.88. The zero-order valence-electron chi connectivity index (χ0n) is 10.0. The first-order valence-corrected chi connectivity index (χ1v) is 7.38. The Morgan fingerprint density at radius 3 is 2.89 bits per heavy atom. The van der Waals surface area contributed by atoms with Crippen molar-refractivity contribution in [1.29, 1.82) is 0 Å². The molecule has 0 aliphatic heterocycles. The lowest BCUT2D eigenvalue weighted by Crippen LogP contribution is -1.99. The molecule has 0 radical (unpaired) electrons. The van der Waals surface area contributed by atoms with E-state index in [4.69, 9.17) is 23.8 Å². The molecular formula is C13H10ClFN2S2. The number of hydrogen-bond acceptors (Lipinski definition) is 2. The standard InChI is InChI=1S/C13H10ClFN2S2/c1-7-5-19-6-8(7)4-17-12-2-9(14)10(15)3-11(12)16-13(17)18/h2-3,5-6H,4H2,1H3,(H,16,18). The highest BCUT2D eigenvalue weighted by atomic mass is 35.5. The summed E-state index contributed by atoms with van der Waals surface area (Å²) in [5, 5.41) is 4.30. The van der Waals surface area contributed by atoms with Crippen molar-refractivity contribution in [3.8, 4) is 0 Å². The van der Waals surface area contributed by atoms with E-state index >= 15 is 0 Å². The number of hydrogen-bond donors (Lipinski definition) is 1. The molecule has 0 saturated heterocycles. The summed E-state index contributed by atoms with van der Waals surface area (Å²) in [7, 11) is 0. The third kappa shape index (κ3) is 2.22. The highest BCUT2D eigenvalue weighted by Crippen LogP contribution is 2.24. The van der Waals surface area contributed by atoms with Gasteiger partial charge in [-0.05, 0) is 47.1 Å². The van der Waals surface area contributed by atoms with Gasteiger partial charge in [0.25, 0.3) is 0 Å². The Morgan fingerprint density at radius 2 is 2.21 bits per heavy atom. The molecule has 3 rings (SSSR count). The van der Waals surface area contributed by atoms with Gasteiger partial charge in [-0.15, -0.1) is 0 Å². The van der Waals surface area contributed by atoms with E-state index < -0.39 is 5.82 Å². The van der Waals surface area contributed by atoms with Crippen LogP contribution in [-0.4, -0.2) is 9.55 Å². The number of nitrogens with zero attached hydrogens (tertiary/aromatic N) is 1. The zero-order valence-corrected chi connectivity index (χ0v) is 12.4. The first-order chi connectivity index (χ1) is 9.06. The normalized spacial score (nSPS) is 11.3. The Labute approximate surface area is 123 Å².